The Morgan fingerprint density at radius 1 is 0.383 bits per heavy atom. The molecule has 2 aromatic heterocycles. The average molecular weight is 781 g/mol. The maximum absolute atomic E-state index is 8.11. The van der Waals surface area contributed by atoms with Gasteiger partial charge in [-0.3, -0.25) is 0 Å². The number of anilines is 6. The minimum atomic E-state index is 0.203. The fourth-order valence-electron chi connectivity index (χ4n) is 9.26. The summed E-state index contributed by atoms with van der Waals surface area (Å²) in [4.78, 5) is 4.31. The van der Waals surface area contributed by atoms with E-state index in [9.17, 15) is 0 Å². The molecule has 0 atom stereocenters. The van der Waals surface area contributed by atoms with E-state index in [0.717, 1.165) is 99.5 Å². The highest BCUT2D eigenvalue weighted by Crippen LogP contribution is 2.49. The van der Waals surface area contributed by atoms with E-state index in [-0.39, 0.29) is 11.8 Å². The van der Waals surface area contributed by atoms with Crippen molar-refractivity contribution in [3.05, 3.63) is 193 Å². The Labute approximate surface area is 355 Å². The van der Waals surface area contributed by atoms with Crippen molar-refractivity contribution >= 4 is 99.5 Å². The van der Waals surface area contributed by atoms with Gasteiger partial charge >= 0.3 is 0 Å². The molecule has 0 saturated heterocycles. The molecule has 0 unspecified atom stereocenters. The third-order valence-electron chi connectivity index (χ3n) is 11.8. The summed E-state index contributed by atoms with van der Waals surface area (Å²) in [7, 11) is 0. The van der Waals surface area contributed by atoms with Crippen molar-refractivity contribution in [1.29, 1.82) is 0 Å². The lowest BCUT2D eigenvalue weighted by Crippen LogP contribution is -2.09. The molecule has 9 aromatic carbocycles. The smallest absolute Gasteiger partial charge is 0.178 e. The van der Waals surface area contributed by atoms with Crippen LogP contribution < -0.4 is 9.80 Å². The first-order valence-electron chi connectivity index (χ1n) is 22.6. The van der Waals surface area contributed by atoms with Gasteiger partial charge in [0.1, 0.15) is 11.2 Å². The largest absolute Gasteiger partial charge is 0.452 e. The molecule has 0 aliphatic carbocycles. The van der Waals surface area contributed by atoms with Crippen molar-refractivity contribution in [1.82, 2.24) is 0 Å². The van der Waals surface area contributed by atoms with E-state index in [0.29, 0.717) is 24.2 Å². The molecule has 0 amide bonds. The fourth-order valence-corrected chi connectivity index (χ4v) is 9.26. The molecule has 0 radical (unpaired) electrons. The number of nitrogens with zero attached hydrogens (tertiary/aromatic N) is 2. The molecule has 60 heavy (non-hydrogen) atoms. The molecule has 0 bridgehead atoms. The van der Waals surface area contributed by atoms with Gasteiger partial charge in [0.2, 0.25) is 0 Å². The van der Waals surface area contributed by atoms with Crippen LogP contribution in [0.2, 0.25) is 0 Å². The predicted molar refractivity (Wildman–Crippen MR) is 254 cm³/mol. The van der Waals surface area contributed by atoms with Gasteiger partial charge in [0, 0.05) is 55.7 Å². The van der Waals surface area contributed by atoms with Crippen LogP contribution in [0.15, 0.2) is 191 Å². The van der Waals surface area contributed by atoms with Crippen molar-refractivity contribution in [2.45, 2.75) is 39.5 Å². The lowest BCUT2D eigenvalue weighted by Gasteiger charge is -2.25. The molecule has 0 aliphatic rings. The van der Waals surface area contributed by atoms with Crippen LogP contribution in [0.4, 0.5) is 34.1 Å². The highest BCUT2D eigenvalue weighted by molar-refractivity contribution is 6.24. The summed E-state index contributed by atoms with van der Waals surface area (Å²) in [6, 6.07) is 53.6. The van der Waals surface area contributed by atoms with E-state index in [1.807, 2.05) is 48.5 Å². The SMILES string of the molecule is [2H]c1ccc(N(c2ccc([2H])cc2)c2ccc3cc4c(cc3c2)oc2c3oc5cc6cc(N(c7ccc([2H])cc7)c7ccc([2H])cc7)ccc6cc5c3c(C(C)C)c(C(C)C)c42)cc1. The second-order valence-electron chi connectivity index (χ2n) is 16.2. The van der Waals surface area contributed by atoms with Crippen LogP contribution in [0.5, 0.6) is 0 Å². The van der Waals surface area contributed by atoms with Crippen LogP contribution in [-0.4, -0.2) is 0 Å². The number of rotatable bonds is 8. The van der Waals surface area contributed by atoms with Gasteiger partial charge in [-0.1, -0.05) is 113 Å². The Kier molecular flexibility index (Phi) is 7.50. The van der Waals surface area contributed by atoms with Gasteiger partial charge in [-0.2, -0.15) is 0 Å². The molecule has 11 aromatic rings. The maximum atomic E-state index is 8.11. The van der Waals surface area contributed by atoms with E-state index in [4.69, 9.17) is 14.3 Å². The number of benzene rings is 9. The summed E-state index contributed by atoms with van der Waals surface area (Å²) in [5.41, 5.74) is 11.3. The number of furan rings is 2. The third-order valence-corrected chi connectivity index (χ3v) is 11.8. The average Bonchev–Trinajstić information content (AvgIpc) is 3.84. The van der Waals surface area contributed by atoms with E-state index in [1.54, 1.807) is 48.5 Å². The maximum Gasteiger partial charge on any atom is 0.178 e. The molecule has 4 nitrogen and oxygen atoms in total. The van der Waals surface area contributed by atoms with Crippen LogP contribution in [0.1, 0.15) is 56.1 Å². The van der Waals surface area contributed by atoms with Crippen LogP contribution in [0.25, 0.3) is 65.4 Å². The van der Waals surface area contributed by atoms with Crippen molar-refractivity contribution in [3.63, 3.8) is 0 Å². The Hall–Kier alpha value is -7.30. The van der Waals surface area contributed by atoms with E-state index in [1.165, 1.54) is 11.1 Å². The number of hydrogen-bond acceptors (Lipinski definition) is 4. The number of para-hydroxylation sites is 4. The van der Waals surface area contributed by atoms with Gasteiger partial charge in [0.25, 0.3) is 0 Å². The molecule has 11 rings (SSSR count). The molecule has 290 valence electrons. The topological polar surface area (TPSA) is 32.8 Å². The van der Waals surface area contributed by atoms with Gasteiger partial charge in [0.15, 0.2) is 11.2 Å². The van der Waals surface area contributed by atoms with Gasteiger partial charge in [0.05, 0.1) is 5.48 Å². The summed E-state index contributed by atoms with van der Waals surface area (Å²) in [6.45, 7) is 9.09. The van der Waals surface area contributed by atoms with Crippen molar-refractivity contribution < 1.29 is 14.3 Å². The molecule has 4 heteroatoms. The summed E-state index contributed by atoms with van der Waals surface area (Å²) in [5, 5.41) is 8.55. The molecule has 0 spiro atoms. The molecular weight excluding hydrogens is 733 g/mol. The first kappa shape index (κ1) is 31.7. The van der Waals surface area contributed by atoms with Gasteiger partial charge in [-0.15, -0.1) is 0 Å². The van der Waals surface area contributed by atoms with Gasteiger partial charge in [-0.25, -0.2) is 0 Å². The first-order valence-corrected chi connectivity index (χ1v) is 20.6. The Balaban J connectivity index is 1.11. The number of hydrogen-bond donors (Lipinski definition) is 0. The minimum absolute atomic E-state index is 0.203. The van der Waals surface area contributed by atoms with Crippen LogP contribution in [-0.2, 0) is 0 Å². The third kappa shape index (κ3) is 5.82. The predicted octanol–water partition coefficient (Wildman–Crippen LogP) is 17.0. The van der Waals surface area contributed by atoms with Crippen molar-refractivity contribution in [3.8, 4) is 0 Å². The molecule has 0 aliphatic heterocycles. The molecule has 0 N–H and O–H groups in total. The molecule has 0 fully saturated rings. The van der Waals surface area contributed by atoms with Crippen LogP contribution in [0.3, 0.4) is 0 Å². The first-order chi connectivity index (χ1) is 31.0. The molecule has 2 heterocycles. The zero-order chi connectivity index (χ0) is 44.0. The van der Waals surface area contributed by atoms with Gasteiger partial charge < -0.3 is 18.6 Å². The summed E-state index contributed by atoms with van der Waals surface area (Å²) >= 11 is 0. The second-order valence-corrected chi connectivity index (χ2v) is 16.2. The summed E-state index contributed by atoms with van der Waals surface area (Å²) in [6.07, 6.45) is 0. The normalized spacial score (nSPS) is 12.9. The highest BCUT2D eigenvalue weighted by atomic mass is 16.4. The Morgan fingerprint density at radius 3 is 1.03 bits per heavy atom. The lowest BCUT2D eigenvalue weighted by molar-refractivity contribution is 0.632. The standard InChI is InChI=1S/C56H44N2O2/c1-35(2)51-52(36(3)4)54-48-32-38-26-28-46(58(43-21-13-7-14-22-43)44-23-15-8-16-24-44)30-40(38)34-50(48)60-56(54)55-53(51)47-31-37-25-27-45(29-39(37)33-49(47)59-55)57(41-17-9-5-10-18-41)42-19-11-6-12-20-42/h5-36H,1-4H3/i5D,6D,7D,8D. The van der Waals surface area contributed by atoms with E-state index >= 15 is 0 Å². The lowest BCUT2D eigenvalue weighted by atomic mass is 9.84. The van der Waals surface area contributed by atoms with E-state index < -0.39 is 0 Å². The zero-order valence-electron chi connectivity index (χ0n) is 37.9. The quantitative estimate of drug-likeness (QED) is 0.154. The molecule has 0 saturated carbocycles. The highest BCUT2D eigenvalue weighted by Gasteiger charge is 2.28. The fraction of sp³-hybridized carbons (Fsp3) is 0.107. The van der Waals surface area contributed by atoms with Crippen molar-refractivity contribution in [2.75, 3.05) is 9.80 Å². The summed E-state index contributed by atoms with van der Waals surface area (Å²) < 4.78 is 46.4. The van der Waals surface area contributed by atoms with Crippen molar-refractivity contribution in [2.24, 2.45) is 0 Å². The Morgan fingerprint density at radius 2 is 0.717 bits per heavy atom. The van der Waals surface area contributed by atoms with Gasteiger partial charge in [-0.05, 0) is 142 Å². The van der Waals surface area contributed by atoms with Crippen LogP contribution in [0, 0.1) is 0 Å². The monoisotopic (exact) mass is 780 g/mol. The van der Waals surface area contributed by atoms with E-state index in [2.05, 4.69) is 98.2 Å². The second kappa shape index (κ2) is 14.2. The zero-order valence-corrected chi connectivity index (χ0v) is 33.9. The molecular formula is C56H44N2O2. The number of fused-ring (bicyclic) bond motifs is 9. The Bertz CT molecular complexity index is 3260. The summed E-state index contributed by atoms with van der Waals surface area (Å²) in [5.74, 6) is 0.406. The van der Waals surface area contributed by atoms with Crippen LogP contribution >= 0.6 is 0 Å². The minimum Gasteiger partial charge on any atom is -0.452 e.